The van der Waals surface area contributed by atoms with Crippen molar-refractivity contribution >= 4 is 34.7 Å². The van der Waals surface area contributed by atoms with Gasteiger partial charge in [-0.15, -0.1) is 11.3 Å². The fourth-order valence-corrected chi connectivity index (χ4v) is 6.04. The van der Waals surface area contributed by atoms with Crippen LogP contribution in [0.1, 0.15) is 29.7 Å². The van der Waals surface area contributed by atoms with Crippen LogP contribution >= 0.6 is 23.1 Å². The van der Waals surface area contributed by atoms with Gasteiger partial charge < -0.3 is 26.3 Å². The van der Waals surface area contributed by atoms with Gasteiger partial charge in [0.1, 0.15) is 23.3 Å². The van der Waals surface area contributed by atoms with E-state index in [2.05, 4.69) is 34.0 Å². The van der Waals surface area contributed by atoms with Gasteiger partial charge in [-0.25, -0.2) is 15.0 Å². The van der Waals surface area contributed by atoms with Crippen LogP contribution in [0.3, 0.4) is 0 Å². The number of ether oxygens (including phenoxy) is 2. The van der Waals surface area contributed by atoms with E-state index in [1.165, 1.54) is 16.6 Å². The first kappa shape index (κ1) is 25.5. The van der Waals surface area contributed by atoms with Crippen molar-refractivity contribution in [3.8, 4) is 22.1 Å². The van der Waals surface area contributed by atoms with Crippen LogP contribution < -0.4 is 26.3 Å². The number of nitrogens with zero attached hydrogens (tertiary/aromatic N) is 4. The topological polar surface area (TPSA) is 124 Å². The second kappa shape index (κ2) is 11.9. The maximum atomic E-state index is 6.15. The number of thiazole rings is 1. The molecule has 3 aromatic rings. The largest absolute Gasteiger partial charge is 0.493 e. The van der Waals surface area contributed by atoms with E-state index in [1.54, 1.807) is 24.5 Å². The molecule has 1 aliphatic heterocycles. The van der Waals surface area contributed by atoms with Crippen LogP contribution in [-0.4, -0.2) is 66.3 Å². The zero-order valence-electron chi connectivity index (χ0n) is 20.4. The smallest absolute Gasteiger partial charge is 0.192 e. The van der Waals surface area contributed by atoms with Crippen molar-refractivity contribution in [1.82, 2.24) is 25.2 Å². The van der Waals surface area contributed by atoms with Crippen molar-refractivity contribution in [2.24, 2.45) is 0 Å². The first-order valence-electron chi connectivity index (χ1n) is 11.8. The van der Waals surface area contributed by atoms with Crippen molar-refractivity contribution in [1.29, 1.82) is 0 Å². The number of nitrogens with one attached hydrogen (secondary N) is 1. The van der Waals surface area contributed by atoms with Gasteiger partial charge in [0.2, 0.25) is 0 Å². The summed E-state index contributed by atoms with van der Waals surface area (Å²) < 4.78 is 11.7. The number of piperazine rings is 1. The molecule has 1 unspecified atom stereocenters. The molecule has 5 N–H and O–H groups in total. The summed E-state index contributed by atoms with van der Waals surface area (Å²) in [6.07, 6.45) is 0.891. The molecule has 0 saturated carbocycles. The maximum Gasteiger partial charge on any atom is 0.192 e. The second-order valence-corrected chi connectivity index (χ2v) is 10.6. The third-order valence-electron chi connectivity index (χ3n) is 5.75. The first-order chi connectivity index (χ1) is 17.0. The van der Waals surface area contributed by atoms with Crippen LogP contribution in [0, 0.1) is 0 Å². The summed E-state index contributed by atoms with van der Waals surface area (Å²) in [5.74, 6) is 2.19. The predicted molar refractivity (Wildman–Crippen MR) is 143 cm³/mol. The van der Waals surface area contributed by atoms with Gasteiger partial charge in [-0.2, -0.15) is 0 Å². The molecule has 0 radical (unpaired) electrons. The number of methoxy groups -OCH3 is 1. The predicted octanol–water partition coefficient (Wildman–Crippen LogP) is 3.47. The Labute approximate surface area is 214 Å². The van der Waals surface area contributed by atoms with Crippen LogP contribution in [-0.2, 0) is 6.42 Å². The molecule has 3 heterocycles. The monoisotopic (exact) mass is 515 g/mol. The molecule has 9 nitrogen and oxygen atoms in total. The van der Waals surface area contributed by atoms with Gasteiger partial charge in [-0.3, -0.25) is 4.90 Å². The summed E-state index contributed by atoms with van der Waals surface area (Å²) in [5, 5.41) is 4.92. The summed E-state index contributed by atoms with van der Waals surface area (Å²) >= 11 is 3.21. The Hall–Kier alpha value is -2.60. The molecule has 4 rings (SSSR count). The number of hydrogen-bond acceptors (Lipinski definition) is 11. The highest BCUT2D eigenvalue weighted by molar-refractivity contribution is 7.99. The second-order valence-electron chi connectivity index (χ2n) is 8.25. The van der Waals surface area contributed by atoms with Gasteiger partial charge in [-0.05, 0) is 31.5 Å². The number of thioether (sulfide) groups is 1. The molecular formula is C24H33N7O2S2. The number of rotatable bonds is 10. The maximum absolute atomic E-state index is 6.15. The Bertz CT molecular complexity index is 1110. The molecule has 35 heavy (non-hydrogen) atoms. The lowest BCUT2D eigenvalue weighted by atomic mass is 10.2. The van der Waals surface area contributed by atoms with E-state index in [9.17, 15) is 0 Å². The lowest BCUT2D eigenvalue weighted by molar-refractivity contribution is 0.188. The molecule has 0 aliphatic carbocycles. The molecule has 188 valence electrons. The highest BCUT2D eigenvalue weighted by atomic mass is 32.2. The molecule has 0 bridgehead atoms. The highest BCUT2D eigenvalue weighted by Crippen LogP contribution is 2.41. The fourth-order valence-electron chi connectivity index (χ4n) is 3.93. The van der Waals surface area contributed by atoms with Crippen molar-refractivity contribution in [3.05, 3.63) is 34.8 Å². The van der Waals surface area contributed by atoms with E-state index < -0.39 is 0 Å². The van der Waals surface area contributed by atoms with Crippen molar-refractivity contribution in [2.45, 2.75) is 30.7 Å². The molecule has 1 saturated heterocycles. The molecule has 2 aromatic heterocycles. The van der Waals surface area contributed by atoms with E-state index in [-0.39, 0.29) is 5.25 Å². The Morgan fingerprint density at radius 2 is 1.86 bits per heavy atom. The first-order valence-corrected chi connectivity index (χ1v) is 13.5. The average Bonchev–Trinajstić information content (AvgIpc) is 3.29. The van der Waals surface area contributed by atoms with E-state index >= 15 is 0 Å². The third kappa shape index (κ3) is 6.54. The molecule has 1 aliphatic rings. The molecule has 1 aromatic carbocycles. The summed E-state index contributed by atoms with van der Waals surface area (Å²) in [4.78, 5) is 17.2. The molecule has 0 spiro atoms. The van der Waals surface area contributed by atoms with E-state index in [1.807, 2.05) is 18.2 Å². The standard InChI is InChI=1S/C24H33N7O2S2/c1-4-19-22(15(2)34-24-28-20(25)14-21(26)29-24)30-23(35-19)16-5-6-17(32-3)18(13-16)33-12-11-31-9-7-27-8-10-31/h5-6,13-15,27H,4,7-12H2,1-3H3,(H4,25,26,28,29). The lowest BCUT2D eigenvalue weighted by Gasteiger charge is -2.27. The number of anilines is 2. The van der Waals surface area contributed by atoms with Crippen molar-refractivity contribution in [3.63, 3.8) is 0 Å². The van der Waals surface area contributed by atoms with Crippen LogP contribution in [0.15, 0.2) is 29.4 Å². The van der Waals surface area contributed by atoms with E-state index in [0.29, 0.717) is 23.4 Å². The number of hydrogen-bond donors (Lipinski definition) is 3. The van der Waals surface area contributed by atoms with Crippen LogP contribution in [0.5, 0.6) is 11.5 Å². The quantitative estimate of drug-likeness (QED) is 0.273. The minimum absolute atomic E-state index is 0.0455. The van der Waals surface area contributed by atoms with Gasteiger partial charge in [0, 0.05) is 49.2 Å². The average molecular weight is 516 g/mol. The molecule has 0 amide bonds. The Morgan fingerprint density at radius 1 is 1.11 bits per heavy atom. The molecule has 1 atom stereocenters. The van der Waals surface area contributed by atoms with Crippen molar-refractivity contribution < 1.29 is 9.47 Å². The van der Waals surface area contributed by atoms with Gasteiger partial charge in [0.05, 0.1) is 18.1 Å². The normalized spacial score (nSPS) is 15.2. The van der Waals surface area contributed by atoms with Gasteiger partial charge in [0.25, 0.3) is 0 Å². The fraction of sp³-hybridized carbons (Fsp3) is 0.458. The van der Waals surface area contributed by atoms with Gasteiger partial charge in [-0.1, -0.05) is 18.7 Å². The Morgan fingerprint density at radius 3 is 2.54 bits per heavy atom. The highest BCUT2D eigenvalue weighted by Gasteiger charge is 2.20. The third-order valence-corrected chi connectivity index (χ3v) is 7.98. The molecule has 1 fully saturated rings. The van der Waals surface area contributed by atoms with Crippen LogP contribution in [0.25, 0.3) is 10.6 Å². The molecular weight excluding hydrogens is 482 g/mol. The lowest BCUT2D eigenvalue weighted by Crippen LogP contribution is -2.44. The Kier molecular flexibility index (Phi) is 8.66. The number of nitrogens with two attached hydrogens (primary N) is 2. The zero-order valence-corrected chi connectivity index (χ0v) is 22.0. The molecule has 11 heteroatoms. The van der Waals surface area contributed by atoms with Crippen molar-refractivity contribution in [2.75, 3.05) is 57.9 Å². The van der Waals surface area contributed by atoms with E-state index in [4.69, 9.17) is 25.9 Å². The van der Waals surface area contributed by atoms with E-state index in [0.717, 1.165) is 66.9 Å². The van der Waals surface area contributed by atoms with Crippen LogP contribution in [0.2, 0.25) is 0 Å². The minimum atomic E-state index is 0.0455. The number of aryl methyl sites for hydroxylation is 1. The van der Waals surface area contributed by atoms with Gasteiger partial charge in [0.15, 0.2) is 16.7 Å². The number of benzene rings is 1. The number of aromatic nitrogens is 3. The Balaban J connectivity index is 1.51. The number of nitrogen functional groups attached to an aromatic ring is 2. The summed E-state index contributed by atoms with van der Waals surface area (Å²) in [6, 6.07) is 7.56. The van der Waals surface area contributed by atoms with Gasteiger partial charge >= 0.3 is 0 Å². The summed E-state index contributed by atoms with van der Waals surface area (Å²) in [6.45, 7) is 9.90. The van der Waals surface area contributed by atoms with Crippen LogP contribution in [0.4, 0.5) is 11.6 Å². The zero-order chi connectivity index (χ0) is 24.8. The summed E-state index contributed by atoms with van der Waals surface area (Å²) in [7, 11) is 1.67. The SMILES string of the molecule is CCc1sc(-c2ccc(OC)c(OCCN3CCNCC3)c2)nc1C(C)Sc1nc(N)cc(N)n1. The minimum Gasteiger partial charge on any atom is -0.493 e. The summed E-state index contributed by atoms with van der Waals surface area (Å²) in [5.41, 5.74) is 13.7.